The predicted molar refractivity (Wildman–Crippen MR) is 66.4 cm³/mol. The summed E-state index contributed by atoms with van der Waals surface area (Å²) in [7, 11) is -1.13. The summed E-state index contributed by atoms with van der Waals surface area (Å²) >= 11 is 0. The number of hydrogen-bond acceptors (Lipinski definition) is 2. The van der Waals surface area contributed by atoms with Crippen molar-refractivity contribution in [2.75, 3.05) is 5.75 Å². The molecule has 0 fully saturated rings. The van der Waals surface area contributed by atoms with E-state index in [1.165, 1.54) is 12.1 Å². The second-order valence-corrected chi connectivity index (χ2v) is 5.62. The van der Waals surface area contributed by atoms with Crippen molar-refractivity contribution in [3.8, 4) is 0 Å². The molecule has 2 nitrogen and oxygen atoms in total. The molecule has 2 unspecified atom stereocenters. The van der Waals surface area contributed by atoms with Crippen LogP contribution in [0.2, 0.25) is 0 Å². The Morgan fingerprint density at radius 3 is 2.28 bits per heavy atom. The number of benzene rings is 1. The van der Waals surface area contributed by atoms with Crippen molar-refractivity contribution in [2.24, 2.45) is 5.73 Å². The lowest BCUT2D eigenvalue weighted by atomic mass is 10.1. The van der Waals surface area contributed by atoms with Gasteiger partial charge in [-0.25, -0.2) is 0 Å². The first kappa shape index (κ1) is 15.2. The van der Waals surface area contributed by atoms with E-state index in [0.29, 0.717) is 11.3 Å². The molecule has 18 heavy (non-hydrogen) atoms. The standard InChI is InChI=1S/C12H16F3NOS/c1-2-11(16)8-18(17)7-9-3-5-10(6-4-9)12(13,14)15/h3-6,11H,2,7-8,16H2,1H3. The first-order chi connectivity index (χ1) is 8.32. The van der Waals surface area contributed by atoms with Crippen molar-refractivity contribution in [3.05, 3.63) is 35.4 Å². The molecule has 0 saturated carbocycles. The van der Waals surface area contributed by atoms with E-state index in [-0.39, 0.29) is 11.8 Å². The molecule has 0 spiro atoms. The van der Waals surface area contributed by atoms with E-state index in [2.05, 4.69) is 0 Å². The van der Waals surface area contributed by atoms with Crippen LogP contribution in [-0.4, -0.2) is 16.0 Å². The van der Waals surface area contributed by atoms with E-state index in [9.17, 15) is 17.4 Å². The van der Waals surface area contributed by atoms with Gasteiger partial charge in [0.1, 0.15) is 0 Å². The molecular formula is C12H16F3NOS. The number of halogens is 3. The summed E-state index contributed by atoms with van der Waals surface area (Å²) in [5, 5.41) is 0. The quantitative estimate of drug-likeness (QED) is 0.900. The molecule has 0 heterocycles. The first-order valence-electron chi connectivity index (χ1n) is 5.59. The Hall–Kier alpha value is -0.880. The number of nitrogens with two attached hydrogens (primary N) is 1. The zero-order valence-electron chi connectivity index (χ0n) is 10.0. The SMILES string of the molecule is CCC(N)CS(=O)Cc1ccc(C(F)(F)F)cc1. The van der Waals surface area contributed by atoms with Crippen molar-refractivity contribution in [1.29, 1.82) is 0 Å². The van der Waals surface area contributed by atoms with Crippen LogP contribution in [0.4, 0.5) is 13.2 Å². The Bertz CT molecular complexity index is 403. The summed E-state index contributed by atoms with van der Waals surface area (Å²) in [6.45, 7) is 1.90. The zero-order valence-corrected chi connectivity index (χ0v) is 10.9. The molecule has 0 aliphatic carbocycles. The maximum Gasteiger partial charge on any atom is 0.416 e. The molecule has 1 rings (SSSR count). The molecule has 0 aromatic heterocycles. The predicted octanol–water partition coefficient (Wildman–Crippen LogP) is 2.69. The minimum absolute atomic E-state index is 0.125. The highest BCUT2D eigenvalue weighted by atomic mass is 32.2. The van der Waals surface area contributed by atoms with E-state index in [1.54, 1.807) is 0 Å². The van der Waals surface area contributed by atoms with Crippen LogP contribution < -0.4 is 5.73 Å². The van der Waals surface area contributed by atoms with Crippen LogP contribution in [0.1, 0.15) is 24.5 Å². The molecule has 0 aliphatic rings. The van der Waals surface area contributed by atoms with Gasteiger partial charge in [0.15, 0.2) is 0 Å². The molecule has 6 heteroatoms. The van der Waals surface area contributed by atoms with E-state index in [4.69, 9.17) is 5.73 Å². The fourth-order valence-corrected chi connectivity index (χ4v) is 2.79. The Labute approximate surface area is 107 Å². The molecule has 2 N–H and O–H groups in total. The average Bonchev–Trinajstić information content (AvgIpc) is 2.28. The maximum atomic E-state index is 12.3. The fraction of sp³-hybridized carbons (Fsp3) is 0.500. The van der Waals surface area contributed by atoms with Gasteiger partial charge in [0, 0.05) is 28.3 Å². The lowest BCUT2D eigenvalue weighted by Crippen LogP contribution is -2.26. The lowest BCUT2D eigenvalue weighted by molar-refractivity contribution is -0.137. The summed E-state index contributed by atoms with van der Waals surface area (Å²) in [5.41, 5.74) is 5.60. The van der Waals surface area contributed by atoms with Crippen molar-refractivity contribution >= 4 is 10.8 Å². The van der Waals surface area contributed by atoms with Crippen LogP contribution in [0, 0.1) is 0 Å². The third-order valence-corrected chi connectivity index (χ3v) is 3.99. The number of alkyl halides is 3. The van der Waals surface area contributed by atoms with Gasteiger partial charge in [0.25, 0.3) is 0 Å². The van der Waals surface area contributed by atoms with Gasteiger partial charge in [-0.15, -0.1) is 0 Å². The first-order valence-corrected chi connectivity index (χ1v) is 7.08. The zero-order chi connectivity index (χ0) is 13.8. The fourth-order valence-electron chi connectivity index (χ4n) is 1.39. The third kappa shape index (κ3) is 4.78. The summed E-state index contributed by atoms with van der Waals surface area (Å²) in [6, 6.07) is 4.61. The third-order valence-electron chi connectivity index (χ3n) is 2.53. The van der Waals surface area contributed by atoms with Gasteiger partial charge in [0.2, 0.25) is 0 Å². The van der Waals surface area contributed by atoms with Gasteiger partial charge < -0.3 is 5.73 Å². The number of rotatable bonds is 5. The molecular weight excluding hydrogens is 263 g/mol. The van der Waals surface area contributed by atoms with Crippen LogP contribution >= 0.6 is 0 Å². The molecule has 2 atom stereocenters. The summed E-state index contributed by atoms with van der Waals surface area (Å²) in [4.78, 5) is 0. The second-order valence-electron chi connectivity index (χ2n) is 4.11. The highest BCUT2D eigenvalue weighted by Gasteiger charge is 2.29. The molecule has 0 bridgehead atoms. The molecule has 0 saturated heterocycles. The second kappa shape index (κ2) is 6.33. The lowest BCUT2D eigenvalue weighted by Gasteiger charge is -2.09. The monoisotopic (exact) mass is 279 g/mol. The van der Waals surface area contributed by atoms with E-state index in [0.717, 1.165) is 18.6 Å². The van der Waals surface area contributed by atoms with Crippen molar-refractivity contribution < 1.29 is 17.4 Å². The van der Waals surface area contributed by atoms with Crippen LogP contribution in [-0.2, 0) is 22.7 Å². The molecule has 0 radical (unpaired) electrons. The van der Waals surface area contributed by atoms with Crippen LogP contribution in [0.15, 0.2) is 24.3 Å². The van der Waals surface area contributed by atoms with E-state index >= 15 is 0 Å². The van der Waals surface area contributed by atoms with Crippen LogP contribution in [0.3, 0.4) is 0 Å². The van der Waals surface area contributed by atoms with Gasteiger partial charge in [-0.1, -0.05) is 19.1 Å². The van der Waals surface area contributed by atoms with Gasteiger partial charge in [-0.05, 0) is 24.1 Å². The van der Waals surface area contributed by atoms with Gasteiger partial charge in [-0.2, -0.15) is 13.2 Å². The van der Waals surface area contributed by atoms with E-state index < -0.39 is 22.5 Å². The highest BCUT2D eigenvalue weighted by molar-refractivity contribution is 7.84. The summed E-state index contributed by atoms with van der Waals surface area (Å²) < 4.78 is 48.6. The van der Waals surface area contributed by atoms with Crippen molar-refractivity contribution in [2.45, 2.75) is 31.3 Å². The summed E-state index contributed by atoms with van der Waals surface area (Å²) in [5.74, 6) is 0.614. The molecule has 0 aliphatic heterocycles. The Morgan fingerprint density at radius 2 is 1.83 bits per heavy atom. The minimum Gasteiger partial charge on any atom is -0.327 e. The number of hydrogen-bond donors (Lipinski definition) is 1. The van der Waals surface area contributed by atoms with Crippen LogP contribution in [0.25, 0.3) is 0 Å². The molecule has 1 aromatic carbocycles. The van der Waals surface area contributed by atoms with Gasteiger partial charge >= 0.3 is 6.18 Å². The largest absolute Gasteiger partial charge is 0.416 e. The molecule has 0 amide bonds. The smallest absolute Gasteiger partial charge is 0.327 e. The normalized spacial score (nSPS) is 15.4. The van der Waals surface area contributed by atoms with Gasteiger partial charge in [-0.3, -0.25) is 4.21 Å². The maximum absolute atomic E-state index is 12.3. The average molecular weight is 279 g/mol. The topological polar surface area (TPSA) is 43.1 Å². The Balaban J connectivity index is 2.61. The molecule has 1 aromatic rings. The molecule has 102 valence electrons. The van der Waals surface area contributed by atoms with Crippen molar-refractivity contribution in [3.63, 3.8) is 0 Å². The van der Waals surface area contributed by atoms with E-state index in [1.807, 2.05) is 6.92 Å². The Morgan fingerprint density at radius 1 is 1.28 bits per heavy atom. The Kier molecular flexibility index (Phi) is 5.34. The van der Waals surface area contributed by atoms with Crippen LogP contribution in [0.5, 0.6) is 0 Å². The van der Waals surface area contributed by atoms with Crippen molar-refractivity contribution in [1.82, 2.24) is 0 Å². The summed E-state index contributed by atoms with van der Waals surface area (Å²) in [6.07, 6.45) is -3.60. The van der Waals surface area contributed by atoms with Gasteiger partial charge in [0.05, 0.1) is 5.56 Å². The highest BCUT2D eigenvalue weighted by Crippen LogP contribution is 2.29. The minimum atomic E-state index is -4.33.